The molecular formula is C14H20N2O4. The zero-order valence-corrected chi connectivity index (χ0v) is 12.2. The van der Waals surface area contributed by atoms with Gasteiger partial charge in [0.15, 0.2) is 5.78 Å². The fraction of sp³-hybridized carbons (Fsp3) is 0.500. The van der Waals surface area contributed by atoms with Crippen LogP contribution in [0, 0.1) is 12.8 Å². The third kappa shape index (κ3) is 3.26. The van der Waals surface area contributed by atoms with E-state index in [1.165, 1.54) is 13.8 Å². The number of aryl methyl sites for hydroxylation is 1. The average molecular weight is 280 g/mol. The maximum Gasteiger partial charge on any atom is 0.308 e. The highest BCUT2D eigenvalue weighted by Crippen LogP contribution is 2.20. The summed E-state index contributed by atoms with van der Waals surface area (Å²) in [6, 6.07) is 0. The lowest BCUT2D eigenvalue weighted by Gasteiger charge is -2.08. The van der Waals surface area contributed by atoms with Crippen LogP contribution in [-0.2, 0) is 11.2 Å². The summed E-state index contributed by atoms with van der Waals surface area (Å²) in [7, 11) is 0. The summed E-state index contributed by atoms with van der Waals surface area (Å²) in [4.78, 5) is 37.3. The van der Waals surface area contributed by atoms with E-state index in [-0.39, 0.29) is 18.2 Å². The van der Waals surface area contributed by atoms with Crippen molar-refractivity contribution in [3.8, 4) is 0 Å². The molecule has 6 nitrogen and oxygen atoms in total. The summed E-state index contributed by atoms with van der Waals surface area (Å²) in [6.07, 6.45) is 0.552. The van der Waals surface area contributed by atoms with Crippen LogP contribution in [0.5, 0.6) is 0 Å². The van der Waals surface area contributed by atoms with Crippen molar-refractivity contribution in [2.45, 2.75) is 34.1 Å². The number of carboxylic acids is 1. The topological polar surface area (TPSA) is 99.3 Å². The van der Waals surface area contributed by atoms with Crippen molar-refractivity contribution in [2.75, 3.05) is 6.54 Å². The molecule has 1 amide bonds. The fourth-order valence-corrected chi connectivity index (χ4v) is 2.12. The molecule has 0 saturated carbocycles. The minimum atomic E-state index is -0.965. The Morgan fingerprint density at radius 1 is 1.35 bits per heavy atom. The van der Waals surface area contributed by atoms with Crippen molar-refractivity contribution in [3.63, 3.8) is 0 Å². The van der Waals surface area contributed by atoms with Crippen molar-refractivity contribution in [2.24, 2.45) is 5.92 Å². The number of Topliss-reactive ketones (excluding diaryl/α,β-unsaturated/α-hetero) is 1. The number of amides is 1. The number of H-pyrrole nitrogens is 1. The lowest BCUT2D eigenvalue weighted by Crippen LogP contribution is -2.32. The van der Waals surface area contributed by atoms with Gasteiger partial charge in [-0.25, -0.2) is 0 Å². The van der Waals surface area contributed by atoms with Gasteiger partial charge in [0.1, 0.15) is 5.69 Å². The van der Waals surface area contributed by atoms with Crippen LogP contribution in [0.1, 0.15) is 52.9 Å². The predicted molar refractivity (Wildman–Crippen MR) is 74.0 cm³/mol. The highest BCUT2D eigenvalue weighted by molar-refractivity contribution is 6.02. The predicted octanol–water partition coefficient (Wildman–Crippen LogP) is 1.54. The Hall–Kier alpha value is -2.11. The molecule has 0 aliphatic rings. The number of aromatic amines is 1. The van der Waals surface area contributed by atoms with Crippen molar-refractivity contribution in [3.05, 3.63) is 22.5 Å². The van der Waals surface area contributed by atoms with E-state index in [0.717, 1.165) is 0 Å². The number of rotatable bonds is 6. The van der Waals surface area contributed by atoms with E-state index >= 15 is 0 Å². The van der Waals surface area contributed by atoms with Crippen LogP contribution in [0.15, 0.2) is 0 Å². The van der Waals surface area contributed by atoms with Gasteiger partial charge in [0.2, 0.25) is 0 Å². The second-order valence-corrected chi connectivity index (χ2v) is 4.84. The number of ketones is 1. The van der Waals surface area contributed by atoms with Crippen LogP contribution in [0.25, 0.3) is 0 Å². The van der Waals surface area contributed by atoms with Gasteiger partial charge in [-0.05, 0) is 25.8 Å². The van der Waals surface area contributed by atoms with Crippen LogP contribution in [0.3, 0.4) is 0 Å². The molecule has 0 aromatic carbocycles. The summed E-state index contributed by atoms with van der Waals surface area (Å²) in [5.41, 5.74) is 2.22. The Kier molecular flexibility index (Phi) is 5.07. The molecule has 3 N–H and O–H groups in total. The molecular weight excluding hydrogens is 260 g/mol. The SMILES string of the molecule is CCc1c(C(=O)NCC(C)C(=O)O)[nH]c(C)c1C(C)=O. The Bertz CT molecular complexity index is 546. The van der Waals surface area contributed by atoms with Crippen molar-refractivity contribution < 1.29 is 19.5 Å². The summed E-state index contributed by atoms with van der Waals surface area (Å²) in [5.74, 6) is -2.10. The summed E-state index contributed by atoms with van der Waals surface area (Å²) < 4.78 is 0. The summed E-state index contributed by atoms with van der Waals surface area (Å²) in [5, 5.41) is 11.4. The first-order valence-corrected chi connectivity index (χ1v) is 6.52. The second-order valence-electron chi connectivity index (χ2n) is 4.84. The molecule has 0 spiro atoms. The summed E-state index contributed by atoms with van der Waals surface area (Å²) >= 11 is 0. The Morgan fingerprint density at radius 2 is 1.95 bits per heavy atom. The monoisotopic (exact) mass is 280 g/mol. The van der Waals surface area contributed by atoms with Crippen LogP contribution in [0.2, 0.25) is 0 Å². The van der Waals surface area contributed by atoms with E-state index in [4.69, 9.17) is 5.11 Å². The Labute approximate surface area is 117 Å². The van der Waals surface area contributed by atoms with Crippen molar-refractivity contribution in [1.82, 2.24) is 10.3 Å². The Balaban J connectivity index is 2.97. The minimum Gasteiger partial charge on any atom is -0.481 e. The van der Waals surface area contributed by atoms with Crippen LogP contribution >= 0.6 is 0 Å². The molecule has 1 aromatic rings. The van der Waals surface area contributed by atoms with E-state index < -0.39 is 11.9 Å². The molecule has 1 atom stereocenters. The molecule has 1 heterocycles. The van der Waals surface area contributed by atoms with Crippen molar-refractivity contribution >= 4 is 17.7 Å². The number of nitrogens with one attached hydrogen (secondary N) is 2. The molecule has 1 aromatic heterocycles. The normalized spacial score (nSPS) is 12.0. The zero-order valence-electron chi connectivity index (χ0n) is 12.2. The number of carbonyl (C=O) groups excluding carboxylic acids is 2. The van der Waals surface area contributed by atoms with Gasteiger partial charge >= 0.3 is 5.97 Å². The number of hydrogen-bond donors (Lipinski definition) is 3. The maximum absolute atomic E-state index is 12.1. The number of aliphatic carboxylic acids is 1. The smallest absolute Gasteiger partial charge is 0.308 e. The maximum atomic E-state index is 12.1. The standard InChI is InChI=1S/C14H20N2O4/c1-5-10-11(9(4)17)8(3)16-12(10)13(18)15-6-7(2)14(19)20/h7,16H,5-6H2,1-4H3,(H,15,18)(H,19,20). The molecule has 0 fully saturated rings. The molecule has 1 unspecified atom stereocenters. The zero-order chi connectivity index (χ0) is 15.4. The number of aromatic nitrogens is 1. The first-order valence-electron chi connectivity index (χ1n) is 6.52. The summed E-state index contributed by atoms with van der Waals surface area (Å²) in [6.45, 7) is 6.64. The van der Waals surface area contributed by atoms with Gasteiger partial charge in [-0.15, -0.1) is 0 Å². The van der Waals surface area contributed by atoms with E-state index in [2.05, 4.69) is 10.3 Å². The fourth-order valence-electron chi connectivity index (χ4n) is 2.12. The Morgan fingerprint density at radius 3 is 2.40 bits per heavy atom. The van der Waals surface area contributed by atoms with Crippen LogP contribution < -0.4 is 5.32 Å². The quantitative estimate of drug-likeness (QED) is 0.688. The lowest BCUT2D eigenvalue weighted by molar-refractivity contribution is -0.140. The van der Waals surface area contributed by atoms with Gasteiger partial charge in [0.05, 0.1) is 5.92 Å². The van der Waals surface area contributed by atoms with E-state index in [1.54, 1.807) is 6.92 Å². The second kappa shape index (κ2) is 6.36. The third-order valence-corrected chi connectivity index (χ3v) is 3.21. The molecule has 1 rings (SSSR count). The molecule has 0 radical (unpaired) electrons. The third-order valence-electron chi connectivity index (χ3n) is 3.21. The average Bonchev–Trinajstić information content (AvgIpc) is 2.72. The number of hydrogen-bond acceptors (Lipinski definition) is 3. The van der Waals surface area contributed by atoms with E-state index in [9.17, 15) is 14.4 Å². The molecule has 0 saturated heterocycles. The van der Waals surface area contributed by atoms with Gasteiger partial charge in [-0.1, -0.05) is 13.8 Å². The van der Waals surface area contributed by atoms with Gasteiger partial charge in [0, 0.05) is 17.8 Å². The molecule has 20 heavy (non-hydrogen) atoms. The largest absolute Gasteiger partial charge is 0.481 e. The van der Waals surface area contributed by atoms with E-state index in [0.29, 0.717) is 28.9 Å². The molecule has 0 aliphatic carbocycles. The first-order chi connectivity index (χ1) is 9.29. The molecule has 6 heteroatoms. The minimum absolute atomic E-state index is 0.0464. The molecule has 110 valence electrons. The highest BCUT2D eigenvalue weighted by atomic mass is 16.4. The molecule has 0 aliphatic heterocycles. The van der Waals surface area contributed by atoms with Gasteiger partial charge in [-0.3, -0.25) is 14.4 Å². The van der Waals surface area contributed by atoms with Crippen molar-refractivity contribution in [1.29, 1.82) is 0 Å². The van der Waals surface area contributed by atoms with Gasteiger partial charge < -0.3 is 15.4 Å². The van der Waals surface area contributed by atoms with Gasteiger partial charge in [0.25, 0.3) is 5.91 Å². The number of carboxylic acid groups (broad SMARTS) is 1. The lowest BCUT2D eigenvalue weighted by atomic mass is 10.0. The van der Waals surface area contributed by atoms with E-state index in [1.807, 2.05) is 6.92 Å². The van der Waals surface area contributed by atoms with Crippen LogP contribution in [-0.4, -0.2) is 34.3 Å². The van der Waals surface area contributed by atoms with Gasteiger partial charge in [-0.2, -0.15) is 0 Å². The van der Waals surface area contributed by atoms with Crippen LogP contribution in [0.4, 0.5) is 0 Å². The first kappa shape index (κ1) is 15.9. The molecule has 0 bridgehead atoms. The highest BCUT2D eigenvalue weighted by Gasteiger charge is 2.22. The number of carbonyl (C=O) groups is 3.